The number of benzene rings is 1. The zero-order valence-electron chi connectivity index (χ0n) is 10.5. The molecule has 0 radical (unpaired) electrons. The molecule has 2 aromatic rings. The summed E-state index contributed by atoms with van der Waals surface area (Å²) in [5.41, 5.74) is 3.32. The molecule has 0 amide bonds. The summed E-state index contributed by atoms with van der Waals surface area (Å²) in [6.45, 7) is 4.35. The molecule has 0 bridgehead atoms. The van der Waals surface area contributed by atoms with Gasteiger partial charge in [0.2, 0.25) is 0 Å². The van der Waals surface area contributed by atoms with Gasteiger partial charge in [0.05, 0.1) is 12.8 Å². The van der Waals surface area contributed by atoms with Crippen molar-refractivity contribution >= 4 is 0 Å². The van der Waals surface area contributed by atoms with Crippen LogP contribution in [0.4, 0.5) is 0 Å². The average molecular weight is 227 g/mol. The quantitative estimate of drug-likeness (QED) is 0.793. The lowest BCUT2D eigenvalue weighted by Gasteiger charge is -2.13. The van der Waals surface area contributed by atoms with E-state index in [1.807, 2.05) is 36.5 Å². The lowest BCUT2D eigenvalue weighted by atomic mass is 9.97. The van der Waals surface area contributed by atoms with Crippen LogP contribution in [-0.4, -0.2) is 12.1 Å². The molecule has 0 saturated carbocycles. The Morgan fingerprint density at radius 2 is 1.82 bits per heavy atom. The van der Waals surface area contributed by atoms with Crippen molar-refractivity contribution in [2.75, 3.05) is 7.11 Å². The van der Waals surface area contributed by atoms with Crippen LogP contribution in [0.15, 0.2) is 42.6 Å². The summed E-state index contributed by atoms with van der Waals surface area (Å²) < 4.78 is 5.39. The highest BCUT2D eigenvalue weighted by molar-refractivity contribution is 5.70. The van der Waals surface area contributed by atoms with E-state index in [2.05, 4.69) is 24.9 Å². The van der Waals surface area contributed by atoms with Crippen LogP contribution in [0, 0.1) is 0 Å². The molecular formula is C15H17NO. The van der Waals surface area contributed by atoms with Crippen LogP contribution in [0.2, 0.25) is 0 Å². The molecule has 88 valence electrons. The van der Waals surface area contributed by atoms with Crippen molar-refractivity contribution in [1.29, 1.82) is 0 Å². The van der Waals surface area contributed by atoms with Crippen LogP contribution >= 0.6 is 0 Å². The first kappa shape index (κ1) is 11.6. The third-order valence-corrected chi connectivity index (χ3v) is 2.82. The number of rotatable bonds is 3. The first-order valence-electron chi connectivity index (χ1n) is 5.82. The molecule has 0 aliphatic rings. The Morgan fingerprint density at radius 1 is 1.06 bits per heavy atom. The molecule has 0 aliphatic heterocycles. The molecular weight excluding hydrogens is 210 g/mol. The minimum atomic E-state index is 0.448. The molecule has 1 heterocycles. The van der Waals surface area contributed by atoms with Crippen molar-refractivity contribution in [2.45, 2.75) is 19.8 Å². The number of nitrogens with zero attached hydrogens (tertiary/aromatic N) is 1. The summed E-state index contributed by atoms with van der Waals surface area (Å²) in [5, 5.41) is 0. The van der Waals surface area contributed by atoms with Gasteiger partial charge in [-0.15, -0.1) is 0 Å². The molecule has 0 spiro atoms. The molecule has 1 aromatic heterocycles. The van der Waals surface area contributed by atoms with E-state index in [0.717, 1.165) is 17.0 Å². The Bertz CT molecular complexity index is 506. The number of hydrogen-bond acceptors (Lipinski definition) is 2. The minimum Gasteiger partial charge on any atom is -0.496 e. The standard InChI is InChI=1S/C15H17NO/c1-11(2)12-8-6-10-16-15(12)13-7-4-5-9-14(13)17-3/h4-11H,1-3H3. The highest BCUT2D eigenvalue weighted by Gasteiger charge is 2.12. The Morgan fingerprint density at radius 3 is 2.53 bits per heavy atom. The van der Waals surface area contributed by atoms with Crippen molar-refractivity contribution in [3.05, 3.63) is 48.2 Å². The number of aromatic nitrogens is 1. The Hall–Kier alpha value is -1.83. The maximum atomic E-state index is 5.39. The number of methoxy groups -OCH3 is 1. The molecule has 0 unspecified atom stereocenters. The van der Waals surface area contributed by atoms with E-state index in [1.165, 1.54) is 5.56 Å². The lowest BCUT2D eigenvalue weighted by Crippen LogP contribution is -1.96. The van der Waals surface area contributed by atoms with Gasteiger partial charge in [0.25, 0.3) is 0 Å². The summed E-state index contributed by atoms with van der Waals surface area (Å²) in [6.07, 6.45) is 1.83. The number of ether oxygens (including phenoxy) is 1. The van der Waals surface area contributed by atoms with E-state index in [4.69, 9.17) is 4.74 Å². The van der Waals surface area contributed by atoms with Gasteiger partial charge in [-0.1, -0.05) is 32.0 Å². The SMILES string of the molecule is COc1ccccc1-c1ncccc1C(C)C. The maximum absolute atomic E-state index is 5.39. The predicted molar refractivity (Wildman–Crippen MR) is 70.3 cm³/mol. The molecule has 1 aromatic carbocycles. The molecule has 0 aliphatic carbocycles. The fraction of sp³-hybridized carbons (Fsp3) is 0.267. The van der Waals surface area contributed by atoms with E-state index in [1.54, 1.807) is 7.11 Å². The largest absolute Gasteiger partial charge is 0.496 e. The molecule has 2 heteroatoms. The molecule has 0 saturated heterocycles. The monoisotopic (exact) mass is 227 g/mol. The summed E-state index contributed by atoms with van der Waals surface area (Å²) in [4.78, 5) is 4.50. The van der Waals surface area contributed by atoms with Crippen LogP contribution in [0.25, 0.3) is 11.3 Å². The van der Waals surface area contributed by atoms with E-state index in [9.17, 15) is 0 Å². The first-order valence-corrected chi connectivity index (χ1v) is 5.82. The second kappa shape index (κ2) is 5.00. The Labute approximate surface area is 102 Å². The van der Waals surface area contributed by atoms with Crippen molar-refractivity contribution < 1.29 is 4.74 Å². The zero-order chi connectivity index (χ0) is 12.3. The van der Waals surface area contributed by atoms with E-state index >= 15 is 0 Å². The van der Waals surface area contributed by atoms with E-state index in [0.29, 0.717) is 5.92 Å². The van der Waals surface area contributed by atoms with Gasteiger partial charge in [-0.3, -0.25) is 4.98 Å². The lowest BCUT2D eigenvalue weighted by molar-refractivity contribution is 0.416. The Balaban J connectivity index is 2.60. The van der Waals surface area contributed by atoms with Crippen molar-refractivity contribution in [3.8, 4) is 17.0 Å². The fourth-order valence-electron chi connectivity index (χ4n) is 1.95. The molecule has 0 N–H and O–H groups in total. The van der Waals surface area contributed by atoms with Gasteiger partial charge in [0, 0.05) is 11.8 Å². The zero-order valence-corrected chi connectivity index (χ0v) is 10.5. The van der Waals surface area contributed by atoms with Crippen LogP contribution in [0.5, 0.6) is 5.75 Å². The van der Waals surface area contributed by atoms with Crippen LogP contribution < -0.4 is 4.74 Å². The minimum absolute atomic E-state index is 0.448. The molecule has 0 atom stereocenters. The fourth-order valence-corrected chi connectivity index (χ4v) is 1.95. The second-order valence-electron chi connectivity index (χ2n) is 4.30. The van der Waals surface area contributed by atoms with Gasteiger partial charge >= 0.3 is 0 Å². The first-order chi connectivity index (χ1) is 8.24. The van der Waals surface area contributed by atoms with Crippen molar-refractivity contribution in [1.82, 2.24) is 4.98 Å². The van der Waals surface area contributed by atoms with Crippen LogP contribution in [0.3, 0.4) is 0 Å². The molecule has 2 nitrogen and oxygen atoms in total. The van der Waals surface area contributed by atoms with Crippen molar-refractivity contribution in [3.63, 3.8) is 0 Å². The maximum Gasteiger partial charge on any atom is 0.128 e. The number of hydrogen-bond donors (Lipinski definition) is 0. The highest BCUT2D eigenvalue weighted by Crippen LogP contribution is 2.33. The van der Waals surface area contributed by atoms with Crippen molar-refractivity contribution in [2.24, 2.45) is 0 Å². The third kappa shape index (κ3) is 2.31. The average Bonchev–Trinajstić information content (AvgIpc) is 2.38. The summed E-state index contributed by atoms with van der Waals surface area (Å²) >= 11 is 0. The van der Waals surface area contributed by atoms with Crippen LogP contribution in [-0.2, 0) is 0 Å². The Kier molecular flexibility index (Phi) is 3.43. The van der Waals surface area contributed by atoms with Gasteiger partial charge in [-0.25, -0.2) is 0 Å². The van der Waals surface area contributed by atoms with Gasteiger partial charge in [-0.2, -0.15) is 0 Å². The summed E-state index contributed by atoms with van der Waals surface area (Å²) in [6, 6.07) is 12.1. The van der Waals surface area contributed by atoms with Crippen LogP contribution in [0.1, 0.15) is 25.3 Å². The van der Waals surface area contributed by atoms with Gasteiger partial charge in [0.15, 0.2) is 0 Å². The van der Waals surface area contributed by atoms with E-state index < -0.39 is 0 Å². The van der Waals surface area contributed by atoms with Gasteiger partial charge < -0.3 is 4.74 Å². The topological polar surface area (TPSA) is 22.1 Å². The highest BCUT2D eigenvalue weighted by atomic mass is 16.5. The normalized spacial score (nSPS) is 10.6. The van der Waals surface area contributed by atoms with Gasteiger partial charge in [0.1, 0.15) is 5.75 Å². The molecule has 0 fully saturated rings. The smallest absolute Gasteiger partial charge is 0.128 e. The predicted octanol–water partition coefficient (Wildman–Crippen LogP) is 3.88. The summed E-state index contributed by atoms with van der Waals surface area (Å²) in [7, 11) is 1.69. The summed E-state index contributed by atoms with van der Waals surface area (Å²) in [5.74, 6) is 1.32. The number of para-hydroxylation sites is 1. The second-order valence-corrected chi connectivity index (χ2v) is 4.30. The molecule has 17 heavy (non-hydrogen) atoms. The molecule has 2 rings (SSSR count). The number of pyridine rings is 1. The van der Waals surface area contributed by atoms with E-state index in [-0.39, 0.29) is 0 Å². The van der Waals surface area contributed by atoms with Gasteiger partial charge in [-0.05, 0) is 29.7 Å². The third-order valence-electron chi connectivity index (χ3n) is 2.82.